The third kappa shape index (κ3) is 6.93. The van der Waals surface area contributed by atoms with Crippen molar-refractivity contribution in [3.8, 4) is 78.8 Å². The van der Waals surface area contributed by atoms with Gasteiger partial charge in [-0.3, -0.25) is 9.97 Å². The fourth-order valence-corrected chi connectivity index (χ4v) is 8.93. The predicted molar refractivity (Wildman–Crippen MR) is 262 cm³/mol. The maximum atomic E-state index is 5.34. The lowest BCUT2D eigenvalue weighted by Crippen LogP contribution is -2.09. The van der Waals surface area contributed by atoms with E-state index in [-0.39, 0.29) is 0 Å². The lowest BCUT2D eigenvalue weighted by molar-refractivity contribution is 0.859. The zero-order valence-corrected chi connectivity index (χ0v) is 34.7. The summed E-state index contributed by atoms with van der Waals surface area (Å²) in [5.74, 6) is 1.81. The van der Waals surface area contributed by atoms with Crippen LogP contribution in [-0.2, 0) is 6.54 Å². The van der Waals surface area contributed by atoms with E-state index in [9.17, 15) is 0 Å². The first kappa shape index (κ1) is 37.2. The molecule has 11 aromatic rings. The van der Waals surface area contributed by atoms with E-state index in [1.807, 2.05) is 49.1 Å². The van der Waals surface area contributed by atoms with Crippen LogP contribution < -0.4 is 5.32 Å². The summed E-state index contributed by atoms with van der Waals surface area (Å²) in [6.45, 7) is 0.809. The maximum Gasteiger partial charge on any atom is 0.164 e. The maximum absolute atomic E-state index is 5.34. The van der Waals surface area contributed by atoms with E-state index < -0.39 is 0 Å². The van der Waals surface area contributed by atoms with Crippen LogP contribution in [-0.4, -0.2) is 24.9 Å². The molecule has 0 radical (unpaired) electrons. The zero-order chi connectivity index (χ0) is 42.4. The van der Waals surface area contributed by atoms with Crippen LogP contribution >= 0.6 is 0 Å². The van der Waals surface area contributed by atoms with E-state index in [1.54, 1.807) is 0 Å². The minimum absolute atomic E-state index is 0.582. The van der Waals surface area contributed by atoms with Crippen LogP contribution in [0.4, 0.5) is 0 Å². The fourth-order valence-electron chi connectivity index (χ4n) is 8.93. The predicted octanol–water partition coefficient (Wildman–Crippen LogP) is 13.9. The Bertz CT molecular complexity index is 3600. The Kier molecular flexibility index (Phi) is 9.12. The zero-order valence-electron chi connectivity index (χ0n) is 34.7. The Morgan fingerprint density at radius 1 is 0.391 bits per heavy atom. The van der Waals surface area contributed by atoms with Crippen molar-refractivity contribution < 1.29 is 0 Å². The Labute approximate surface area is 370 Å². The van der Waals surface area contributed by atoms with Crippen molar-refractivity contribution in [2.45, 2.75) is 6.54 Å². The van der Waals surface area contributed by atoms with Crippen LogP contribution in [0.2, 0.25) is 0 Å². The Morgan fingerprint density at radius 3 is 1.91 bits per heavy atom. The van der Waals surface area contributed by atoms with Gasteiger partial charge in [0.05, 0.1) is 5.69 Å². The SMILES string of the molecule is C1=Cc2ccc(-c3ccc(-c4cc(-c5ccc(-c6ccc7ccncc7c6)cc5)cc(-c5nc(-c6ccccc6)nc(-c6cc7ccccc7c7ccccc67)n5)c4)nc3)cc2CN1. The summed E-state index contributed by atoms with van der Waals surface area (Å²) < 4.78 is 0. The Hall–Kier alpha value is -8.61. The molecule has 12 rings (SSSR count). The van der Waals surface area contributed by atoms with E-state index in [4.69, 9.17) is 19.9 Å². The molecular weight excluding hydrogens is 781 g/mol. The van der Waals surface area contributed by atoms with E-state index in [0.29, 0.717) is 17.5 Å². The molecule has 0 bridgehead atoms. The summed E-state index contributed by atoms with van der Waals surface area (Å²) in [5, 5.41) is 10.2. The molecule has 64 heavy (non-hydrogen) atoms. The number of fused-ring (bicyclic) bond motifs is 5. The molecule has 0 unspecified atom stereocenters. The van der Waals surface area contributed by atoms with Gasteiger partial charge in [-0.25, -0.2) is 15.0 Å². The first-order valence-corrected chi connectivity index (χ1v) is 21.5. The minimum atomic E-state index is 0.582. The molecule has 0 aliphatic carbocycles. The van der Waals surface area contributed by atoms with Crippen molar-refractivity contribution in [3.63, 3.8) is 0 Å². The molecule has 4 heterocycles. The molecule has 0 saturated heterocycles. The molecule has 1 N–H and O–H groups in total. The third-order valence-corrected chi connectivity index (χ3v) is 12.3. The van der Waals surface area contributed by atoms with Gasteiger partial charge in [0.25, 0.3) is 0 Å². The normalized spacial score (nSPS) is 12.1. The summed E-state index contributed by atoms with van der Waals surface area (Å²) in [5.41, 5.74) is 13.6. The van der Waals surface area contributed by atoms with Gasteiger partial charge in [-0.2, -0.15) is 0 Å². The summed E-state index contributed by atoms with van der Waals surface area (Å²) in [7, 11) is 0. The van der Waals surface area contributed by atoms with Crippen LogP contribution in [0.5, 0.6) is 0 Å². The number of hydrogen-bond donors (Lipinski definition) is 1. The van der Waals surface area contributed by atoms with Gasteiger partial charge in [0, 0.05) is 58.3 Å². The topological polar surface area (TPSA) is 76.5 Å². The molecule has 300 valence electrons. The Morgan fingerprint density at radius 2 is 1.06 bits per heavy atom. The van der Waals surface area contributed by atoms with Crippen LogP contribution in [0.1, 0.15) is 11.1 Å². The summed E-state index contributed by atoms with van der Waals surface area (Å²) in [6.07, 6.45) is 9.85. The highest BCUT2D eigenvalue weighted by Gasteiger charge is 2.18. The van der Waals surface area contributed by atoms with Gasteiger partial charge in [-0.15, -0.1) is 0 Å². The van der Waals surface area contributed by atoms with E-state index >= 15 is 0 Å². The lowest BCUT2D eigenvalue weighted by atomic mass is 9.95. The molecule has 6 heteroatoms. The van der Waals surface area contributed by atoms with E-state index in [2.05, 4.69) is 174 Å². The van der Waals surface area contributed by atoms with Gasteiger partial charge in [0.1, 0.15) is 0 Å². The number of nitrogens with zero attached hydrogens (tertiary/aromatic N) is 5. The van der Waals surface area contributed by atoms with E-state index in [1.165, 1.54) is 21.9 Å². The first-order chi connectivity index (χ1) is 31.7. The second kappa shape index (κ2) is 15.7. The van der Waals surface area contributed by atoms with Gasteiger partial charge >= 0.3 is 0 Å². The molecule has 0 amide bonds. The number of pyridine rings is 2. The summed E-state index contributed by atoms with van der Waals surface area (Å²) >= 11 is 0. The molecule has 0 saturated carbocycles. The van der Waals surface area contributed by atoms with Crippen molar-refractivity contribution in [2.75, 3.05) is 0 Å². The third-order valence-electron chi connectivity index (χ3n) is 12.3. The monoisotopic (exact) mass is 818 g/mol. The van der Waals surface area contributed by atoms with Crippen molar-refractivity contribution >= 4 is 38.4 Å². The van der Waals surface area contributed by atoms with Gasteiger partial charge in [-0.1, -0.05) is 133 Å². The van der Waals surface area contributed by atoms with Crippen LogP contribution in [0.3, 0.4) is 0 Å². The summed E-state index contributed by atoms with van der Waals surface area (Å²) in [6, 6.07) is 64.2. The summed E-state index contributed by atoms with van der Waals surface area (Å²) in [4.78, 5) is 25.2. The standard InChI is InChI=1S/C58H38N6/c1-2-8-41(9-3-1)56-62-57(64-58(63-56)54-33-44-10-4-5-11-51(44)52-12-6-7-13-53(52)54)48-31-46(38-16-14-37(15-17-38)42-20-18-39-24-26-59-34-49(39)28-42)30-47(32-48)55-23-22-45(36-61-55)43-21-19-40-25-27-60-35-50(40)29-43/h1-34,36,60H,35H2. The minimum Gasteiger partial charge on any atom is -0.387 e. The van der Waals surface area contributed by atoms with Crippen molar-refractivity contribution in [1.29, 1.82) is 0 Å². The van der Waals surface area contributed by atoms with Crippen LogP contribution in [0.25, 0.3) is 117 Å². The fraction of sp³-hybridized carbons (Fsp3) is 0.0172. The highest BCUT2D eigenvalue weighted by molar-refractivity contribution is 6.13. The highest BCUT2D eigenvalue weighted by atomic mass is 15.0. The molecule has 1 aliphatic rings. The molecule has 0 atom stereocenters. The van der Waals surface area contributed by atoms with Crippen molar-refractivity contribution in [1.82, 2.24) is 30.2 Å². The largest absolute Gasteiger partial charge is 0.387 e. The molecule has 1 aliphatic heterocycles. The average Bonchev–Trinajstić information content (AvgIpc) is 3.38. The molecule has 0 spiro atoms. The van der Waals surface area contributed by atoms with Gasteiger partial charge < -0.3 is 5.32 Å². The molecule has 8 aromatic carbocycles. The molecular formula is C58H38N6. The highest BCUT2D eigenvalue weighted by Crippen LogP contribution is 2.38. The molecule has 0 fully saturated rings. The van der Waals surface area contributed by atoms with Gasteiger partial charge in [-0.05, 0) is 127 Å². The lowest BCUT2D eigenvalue weighted by Gasteiger charge is -2.15. The number of nitrogens with one attached hydrogen (secondary N) is 1. The quantitative estimate of drug-likeness (QED) is 0.161. The van der Waals surface area contributed by atoms with Crippen LogP contribution in [0.15, 0.2) is 207 Å². The average molecular weight is 819 g/mol. The number of benzene rings is 8. The molecule has 6 nitrogen and oxygen atoms in total. The van der Waals surface area contributed by atoms with Gasteiger partial charge in [0.15, 0.2) is 17.5 Å². The number of rotatable bonds is 7. The van der Waals surface area contributed by atoms with Crippen molar-refractivity contribution in [2.24, 2.45) is 0 Å². The van der Waals surface area contributed by atoms with E-state index in [0.717, 1.165) is 89.4 Å². The first-order valence-electron chi connectivity index (χ1n) is 21.5. The van der Waals surface area contributed by atoms with Crippen molar-refractivity contribution in [3.05, 3.63) is 218 Å². The smallest absolute Gasteiger partial charge is 0.164 e. The second-order valence-electron chi connectivity index (χ2n) is 16.2. The number of aromatic nitrogens is 5. The van der Waals surface area contributed by atoms with Crippen LogP contribution in [0, 0.1) is 0 Å². The Balaban J connectivity index is 1.02. The number of hydrogen-bond acceptors (Lipinski definition) is 6. The second-order valence-corrected chi connectivity index (χ2v) is 16.2. The molecule has 3 aromatic heterocycles. The van der Waals surface area contributed by atoms with Gasteiger partial charge in [0.2, 0.25) is 0 Å².